The van der Waals surface area contributed by atoms with Gasteiger partial charge in [-0.25, -0.2) is 4.68 Å². The van der Waals surface area contributed by atoms with Crippen LogP contribution in [0.15, 0.2) is 54.6 Å². The lowest BCUT2D eigenvalue weighted by atomic mass is 10.0. The van der Waals surface area contributed by atoms with Crippen molar-refractivity contribution in [2.24, 2.45) is 0 Å². The van der Waals surface area contributed by atoms with Crippen molar-refractivity contribution >= 4 is 5.82 Å². The van der Waals surface area contributed by atoms with E-state index >= 15 is 0 Å². The average molecular weight is 319 g/mol. The van der Waals surface area contributed by atoms with Gasteiger partial charge >= 0.3 is 0 Å². The summed E-state index contributed by atoms with van der Waals surface area (Å²) in [6.07, 6.45) is 3.40. The van der Waals surface area contributed by atoms with Crippen molar-refractivity contribution in [3.63, 3.8) is 0 Å². The molecule has 4 rings (SSSR count). The molecule has 122 valence electrons. The predicted octanol–water partition coefficient (Wildman–Crippen LogP) is 4.30. The second-order valence-electron chi connectivity index (χ2n) is 6.01. The van der Waals surface area contributed by atoms with Crippen molar-refractivity contribution in [1.82, 2.24) is 9.78 Å². The summed E-state index contributed by atoms with van der Waals surface area (Å²) in [7, 11) is 1.70. The molecule has 1 N–H and O–H groups in total. The highest BCUT2D eigenvalue weighted by molar-refractivity contribution is 5.72. The highest BCUT2D eigenvalue weighted by Crippen LogP contribution is 2.35. The lowest BCUT2D eigenvalue weighted by molar-refractivity contribution is 0.412. The first kappa shape index (κ1) is 14.8. The zero-order chi connectivity index (χ0) is 16.4. The van der Waals surface area contributed by atoms with Crippen molar-refractivity contribution in [2.45, 2.75) is 19.3 Å². The number of ether oxygens (including phenoxy) is 1. The van der Waals surface area contributed by atoms with Crippen LogP contribution in [0.3, 0.4) is 0 Å². The number of nitrogens with one attached hydrogen (secondary N) is 1. The second kappa shape index (κ2) is 6.40. The first-order valence-electron chi connectivity index (χ1n) is 8.43. The molecule has 0 amide bonds. The molecule has 2 heterocycles. The third-order valence-corrected chi connectivity index (χ3v) is 4.49. The molecule has 24 heavy (non-hydrogen) atoms. The van der Waals surface area contributed by atoms with Gasteiger partial charge < -0.3 is 10.1 Å². The Hall–Kier alpha value is -2.75. The van der Waals surface area contributed by atoms with E-state index in [1.54, 1.807) is 7.11 Å². The van der Waals surface area contributed by atoms with E-state index in [1.165, 1.54) is 18.4 Å². The molecule has 0 bridgehead atoms. The van der Waals surface area contributed by atoms with Gasteiger partial charge in [-0.05, 0) is 31.4 Å². The van der Waals surface area contributed by atoms with Crippen LogP contribution in [-0.4, -0.2) is 23.4 Å². The minimum atomic E-state index is 0.827. The minimum Gasteiger partial charge on any atom is -0.494 e. The standard InChI is InChI=1S/C20H21N3O/c1-24-18-13-6-5-12-17(18)23-20-16(11-7-8-14-21-20)19(22-23)15-9-3-2-4-10-15/h2-6,9-10,12-13,21H,7-8,11,14H2,1H3. The maximum Gasteiger partial charge on any atom is 0.144 e. The number of hydrogen-bond acceptors (Lipinski definition) is 3. The van der Waals surface area contributed by atoms with Gasteiger partial charge in [0.25, 0.3) is 0 Å². The zero-order valence-electron chi connectivity index (χ0n) is 13.8. The van der Waals surface area contributed by atoms with Gasteiger partial charge in [0, 0.05) is 17.7 Å². The van der Waals surface area contributed by atoms with Crippen LogP contribution in [-0.2, 0) is 6.42 Å². The van der Waals surface area contributed by atoms with Crippen molar-refractivity contribution < 1.29 is 4.74 Å². The summed E-state index contributed by atoms with van der Waals surface area (Å²) in [4.78, 5) is 0. The monoisotopic (exact) mass is 319 g/mol. The van der Waals surface area contributed by atoms with Crippen molar-refractivity contribution in [1.29, 1.82) is 0 Å². The van der Waals surface area contributed by atoms with E-state index in [9.17, 15) is 0 Å². The number of nitrogens with zero attached hydrogens (tertiary/aromatic N) is 2. The van der Waals surface area contributed by atoms with E-state index in [-0.39, 0.29) is 0 Å². The highest BCUT2D eigenvalue weighted by atomic mass is 16.5. The SMILES string of the molecule is COc1ccccc1-n1nc(-c2ccccc2)c2c1NCCCC2. The van der Waals surface area contributed by atoms with Crippen LogP contribution in [0.1, 0.15) is 18.4 Å². The van der Waals surface area contributed by atoms with E-state index in [0.29, 0.717) is 0 Å². The Morgan fingerprint density at radius 1 is 1.00 bits per heavy atom. The quantitative estimate of drug-likeness (QED) is 0.782. The molecule has 0 atom stereocenters. The van der Waals surface area contributed by atoms with Crippen LogP contribution in [0.2, 0.25) is 0 Å². The topological polar surface area (TPSA) is 39.1 Å². The van der Waals surface area contributed by atoms with Crippen molar-refractivity contribution in [3.8, 4) is 22.7 Å². The Kier molecular flexibility index (Phi) is 3.95. The van der Waals surface area contributed by atoms with E-state index in [1.807, 2.05) is 35.0 Å². The number of benzene rings is 2. The minimum absolute atomic E-state index is 0.827. The fraction of sp³-hybridized carbons (Fsp3) is 0.250. The lowest BCUT2D eigenvalue weighted by Gasteiger charge is -2.12. The molecule has 4 heteroatoms. The van der Waals surface area contributed by atoms with Crippen LogP contribution in [0.4, 0.5) is 5.82 Å². The summed E-state index contributed by atoms with van der Waals surface area (Å²) < 4.78 is 7.55. The predicted molar refractivity (Wildman–Crippen MR) is 97.0 cm³/mol. The molecule has 4 nitrogen and oxygen atoms in total. The number of fused-ring (bicyclic) bond motifs is 1. The highest BCUT2D eigenvalue weighted by Gasteiger charge is 2.22. The first-order valence-corrected chi connectivity index (χ1v) is 8.43. The summed E-state index contributed by atoms with van der Waals surface area (Å²) in [5.41, 5.74) is 4.48. The molecular formula is C20H21N3O. The summed E-state index contributed by atoms with van der Waals surface area (Å²) in [6.45, 7) is 0.974. The van der Waals surface area contributed by atoms with Crippen LogP contribution in [0, 0.1) is 0 Å². The average Bonchev–Trinajstić information content (AvgIpc) is 2.83. The maximum absolute atomic E-state index is 5.55. The molecule has 2 aromatic carbocycles. The fourth-order valence-electron chi connectivity index (χ4n) is 3.31. The van der Waals surface area contributed by atoms with Gasteiger partial charge in [0.2, 0.25) is 0 Å². The van der Waals surface area contributed by atoms with Crippen LogP contribution < -0.4 is 10.1 Å². The number of hydrogen-bond donors (Lipinski definition) is 1. The summed E-state index contributed by atoms with van der Waals surface area (Å²) >= 11 is 0. The van der Waals surface area contributed by atoms with Crippen LogP contribution in [0.25, 0.3) is 16.9 Å². The lowest BCUT2D eigenvalue weighted by Crippen LogP contribution is -2.08. The van der Waals surface area contributed by atoms with E-state index < -0.39 is 0 Å². The summed E-state index contributed by atoms with van der Waals surface area (Å²) in [5.74, 6) is 1.92. The Morgan fingerprint density at radius 2 is 1.79 bits per heavy atom. The molecule has 1 aliphatic rings. The Morgan fingerprint density at radius 3 is 2.62 bits per heavy atom. The smallest absolute Gasteiger partial charge is 0.144 e. The number of rotatable bonds is 3. The van der Waals surface area contributed by atoms with Crippen LogP contribution >= 0.6 is 0 Å². The molecule has 0 spiro atoms. The molecule has 3 aromatic rings. The van der Waals surface area contributed by atoms with Gasteiger partial charge in [0.1, 0.15) is 17.3 Å². The van der Waals surface area contributed by atoms with E-state index in [2.05, 4.69) is 29.6 Å². The van der Waals surface area contributed by atoms with Crippen molar-refractivity contribution in [2.75, 3.05) is 19.0 Å². The molecule has 0 saturated heterocycles. The summed E-state index contributed by atoms with van der Waals surface area (Å²) in [5, 5.41) is 8.54. The molecule has 0 radical (unpaired) electrons. The van der Waals surface area contributed by atoms with E-state index in [0.717, 1.165) is 41.5 Å². The van der Waals surface area contributed by atoms with Gasteiger partial charge in [0.05, 0.1) is 12.8 Å². The van der Waals surface area contributed by atoms with Gasteiger partial charge in [-0.2, -0.15) is 5.10 Å². The molecular weight excluding hydrogens is 298 g/mol. The molecule has 0 unspecified atom stereocenters. The zero-order valence-corrected chi connectivity index (χ0v) is 13.8. The largest absolute Gasteiger partial charge is 0.494 e. The van der Waals surface area contributed by atoms with Gasteiger partial charge in [-0.3, -0.25) is 0 Å². The third-order valence-electron chi connectivity index (χ3n) is 4.49. The second-order valence-corrected chi connectivity index (χ2v) is 6.01. The third kappa shape index (κ3) is 2.54. The van der Waals surface area contributed by atoms with Gasteiger partial charge in [-0.15, -0.1) is 0 Å². The fourth-order valence-corrected chi connectivity index (χ4v) is 3.31. The molecule has 0 fully saturated rings. The molecule has 1 aromatic heterocycles. The number of anilines is 1. The van der Waals surface area contributed by atoms with Gasteiger partial charge in [-0.1, -0.05) is 42.5 Å². The van der Waals surface area contributed by atoms with Gasteiger partial charge in [0.15, 0.2) is 0 Å². The number of para-hydroxylation sites is 2. The Bertz CT molecular complexity index is 839. The normalized spacial score (nSPS) is 13.7. The molecule has 0 saturated carbocycles. The Balaban J connectivity index is 1.93. The maximum atomic E-state index is 5.55. The van der Waals surface area contributed by atoms with E-state index in [4.69, 9.17) is 9.84 Å². The summed E-state index contributed by atoms with van der Waals surface area (Å²) in [6, 6.07) is 18.4. The molecule has 1 aliphatic heterocycles. The Labute approximate surface area is 142 Å². The molecule has 0 aliphatic carbocycles. The number of aromatic nitrogens is 2. The van der Waals surface area contributed by atoms with Crippen molar-refractivity contribution in [3.05, 3.63) is 60.2 Å². The first-order chi connectivity index (χ1) is 11.9. The van der Waals surface area contributed by atoms with Crippen LogP contribution in [0.5, 0.6) is 5.75 Å². The number of methoxy groups -OCH3 is 1.